The summed E-state index contributed by atoms with van der Waals surface area (Å²) >= 11 is 0. The molecule has 0 aliphatic heterocycles. The van der Waals surface area contributed by atoms with Gasteiger partial charge >= 0.3 is 0 Å². The highest BCUT2D eigenvalue weighted by molar-refractivity contribution is 6.08. The lowest BCUT2D eigenvalue weighted by Gasteiger charge is -1.89. The van der Waals surface area contributed by atoms with Crippen LogP contribution in [0.2, 0.25) is 0 Å². The normalized spacial score (nSPS) is 8.08. The average Bonchev–Trinajstić information content (AvgIpc) is 2.15. The predicted molar refractivity (Wildman–Crippen MR) is 45.6 cm³/mol. The molecule has 0 spiro atoms. The monoisotopic (exact) mass is 160 g/mol. The van der Waals surface area contributed by atoms with E-state index in [0.29, 0.717) is 5.56 Å². The SMILES string of the molecule is COC#CC(=O)c1ccccc1. The van der Waals surface area contributed by atoms with Crippen LogP contribution in [0, 0.1) is 12.0 Å². The third kappa shape index (κ3) is 2.14. The Morgan fingerprint density at radius 3 is 2.58 bits per heavy atom. The molecule has 0 aromatic heterocycles. The van der Waals surface area contributed by atoms with Crippen LogP contribution in [0.25, 0.3) is 0 Å². The van der Waals surface area contributed by atoms with Crippen LogP contribution in [0.4, 0.5) is 0 Å². The number of hydrogen-bond acceptors (Lipinski definition) is 2. The molecule has 0 amide bonds. The molecular weight excluding hydrogens is 152 g/mol. The Hall–Kier alpha value is -1.75. The van der Waals surface area contributed by atoms with Crippen molar-refractivity contribution in [1.82, 2.24) is 0 Å². The summed E-state index contributed by atoms with van der Waals surface area (Å²) in [5.41, 5.74) is 0.585. The molecule has 1 rings (SSSR count). The van der Waals surface area contributed by atoms with Gasteiger partial charge in [-0.05, 0) is 0 Å². The second-order valence-electron chi connectivity index (χ2n) is 2.13. The smallest absolute Gasteiger partial charge is 0.239 e. The zero-order chi connectivity index (χ0) is 8.81. The minimum absolute atomic E-state index is 0.225. The number of carbonyl (C=O) groups is 1. The lowest BCUT2D eigenvalue weighted by atomic mass is 10.1. The van der Waals surface area contributed by atoms with Gasteiger partial charge in [0.05, 0.1) is 7.11 Å². The molecule has 0 saturated heterocycles. The number of methoxy groups -OCH3 is 1. The summed E-state index contributed by atoms with van der Waals surface area (Å²) in [6, 6.07) is 8.86. The minimum Gasteiger partial charge on any atom is -0.450 e. The van der Waals surface area contributed by atoms with E-state index in [1.165, 1.54) is 7.11 Å². The lowest BCUT2D eigenvalue weighted by molar-refractivity contribution is 0.105. The fourth-order valence-electron chi connectivity index (χ4n) is 0.759. The fraction of sp³-hybridized carbons (Fsp3) is 0.100. The van der Waals surface area contributed by atoms with Crippen molar-refractivity contribution in [3.63, 3.8) is 0 Å². The molecule has 0 unspecified atom stereocenters. The van der Waals surface area contributed by atoms with Crippen molar-refractivity contribution in [2.45, 2.75) is 0 Å². The van der Waals surface area contributed by atoms with E-state index in [0.717, 1.165) is 0 Å². The van der Waals surface area contributed by atoms with Crippen molar-refractivity contribution in [3.8, 4) is 12.0 Å². The molecule has 2 heteroatoms. The molecular formula is C10H8O2. The highest BCUT2D eigenvalue weighted by Gasteiger charge is 1.98. The number of benzene rings is 1. The van der Waals surface area contributed by atoms with Crippen LogP contribution in [0.5, 0.6) is 0 Å². The highest BCUT2D eigenvalue weighted by atomic mass is 16.5. The van der Waals surface area contributed by atoms with E-state index in [-0.39, 0.29) is 5.78 Å². The van der Waals surface area contributed by atoms with Gasteiger partial charge in [0.15, 0.2) is 0 Å². The maximum absolute atomic E-state index is 11.1. The Morgan fingerprint density at radius 2 is 2.00 bits per heavy atom. The Bertz CT molecular complexity index is 317. The quantitative estimate of drug-likeness (QED) is 0.459. The predicted octanol–water partition coefficient (Wildman–Crippen LogP) is 1.48. The number of ketones is 1. The molecule has 0 heterocycles. The first-order chi connectivity index (χ1) is 5.84. The van der Waals surface area contributed by atoms with E-state index in [2.05, 4.69) is 16.8 Å². The van der Waals surface area contributed by atoms with Gasteiger partial charge in [0.2, 0.25) is 5.78 Å². The van der Waals surface area contributed by atoms with E-state index in [4.69, 9.17) is 0 Å². The largest absolute Gasteiger partial charge is 0.450 e. The number of hydrogen-bond donors (Lipinski definition) is 0. The molecule has 2 nitrogen and oxygen atoms in total. The zero-order valence-electron chi connectivity index (χ0n) is 6.70. The van der Waals surface area contributed by atoms with Crippen LogP contribution in [0.15, 0.2) is 30.3 Å². The van der Waals surface area contributed by atoms with Crippen molar-refractivity contribution in [3.05, 3.63) is 35.9 Å². The van der Waals surface area contributed by atoms with Crippen molar-refractivity contribution >= 4 is 5.78 Å². The Labute approximate surface area is 71.2 Å². The first kappa shape index (κ1) is 8.35. The minimum atomic E-state index is -0.225. The number of Topliss-reactive ketones (excluding diaryl/α,β-unsaturated/α-hetero) is 1. The summed E-state index contributed by atoms with van der Waals surface area (Å²) in [5.74, 6) is 2.11. The second kappa shape index (κ2) is 4.20. The van der Waals surface area contributed by atoms with Crippen molar-refractivity contribution < 1.29 is 9.53 Å². The van der Waals surface area contributed by atoms with Gasteiger partial charge in [0.1, 0.15) is 6.11 Å². The summed E-state index contributed by atoms with van der Waals surface area (Å²) in [6.45, 7) is 0. The molecule has 60 valence electrons. The van der Waals surface area contributed by atoms with Gasteiger partial charge in [-0.1, -0.05) is 30.3 Å². The molecule has 0 bridgehead atoms. The van der Waals surface area contributed by atoms with Gasteiger partial charge in [0, 0.05) is 11.5 Å². The number of rotatable bonds is 1. The molecule has 0 radical (unpaired) electrons. The molecule has 0 aliphatic rings. The summed E-state index contributed by atoms with van der Waals surface area (Å²) in [6.07, 6.45) is 2.25. The third-order valence-corrected chi connectivity index (χ3v) is 1.30. The van der Waals surface area contributed by atoms with Crippen LogP contribution in [0.3, 0.4) is 0 Å². The summed E-state index contributed by atoms with van der Waals surface area (Å²) < 4.78 is 4.45. The Kier molecular flexibility index (Phi) is 2.92. The van der Waals surface area contributed by atoms with Crippen molar-refractivity contribution in [1.29, 1.82) is 0 Å². The Morgan fingerprint density at radius 1 is 1.33 bits per heavy atom. The van der Waals surface area contributed by atoms with Gasteiger partial charge < -0.3 is 4.74 Å². The van der Waals surface area contributed by atoms with E-state index < -0.39 is 0 Å². The summed E-state index contributed by atoms with van der Waals surface area (Å²) in [5, 5.41) is 0. The summed E-state index contributed by atoms with van der Waals surface area (Å²) in [7, 11) is 1.42. The molecule has 0 atom stereocenters. The maximum Gasteiger partial charge on any atom is 0.239 e. The molecule has 1 aromatic rings. The standard InChI is InChI=1S/C10H8O2/c1-12-8-7-10(11)9-5-3-2-4-6-9/h2-6H,1H3. The molecule has 0 N–H and O–H groups in total. The molecule has 12 heavy (non-hydrogen) atoms. The van der Waals surface area contributed by atoms with Crippen molar-refractivity contribution in [2.24, 2.45) is 0 Å². The first-order valence-electron chi connectivity index (χ1n) is 3.48. The van der Waals surface area contributed by atoms with E-state index in [1.54, 1.807) is 24.3 Å². The summed E-state index contributed by atoms with van der Waals surface area (Å²) in [4.78, 5) is 11.1. The van der Waals surface area contributed by atoms with Gasteiger partial charge in [-0.25, -0.2) is 0 Å². The van der Waals surface area contributed by atoms with Gasteiger partial charge in [-0.3, -0.25) is 4.79 Å². The van der Waals surface area contributed by atoms with Crippen LogP contribution in [0.1, 0.15) is 10.4 Å². The molecule has 0 saturated carbocycles. The lowest BCUT2D eigenvalue weighted by Crippen LogP contribution is -1.93. The fourth-order valence-corrected chi connectivity index (χ4v) is 0.759. The first-order valence-corrected chi connectivity index (χ1v) is 3.48. The van der Waals surface area contributed by atoms with Crippen LogP contribution in [-0.2, 0) is 4.74 Å². The molecule has 1 aromatic carbocycles. The second-order valence-corrected chi connectivity index (χ2v) is 2.13. The third-order valence-electron chi connectivity index (χ3n) is 1.30. The van der Waals surface area contributed by atoms with Crippen LogP contribution in [-0.4, -0.2) is 12.9 Å². The topological polar surface area (TPSA) is 26.3 Å². The van der Waals surface area contributed by atoms with Gasteiger partial charge in [-0.15, -0.1) is 0 Å². The van der Waals surface area contributed by atoms with Crippen molar-refractivity contribution in [2.75, 3.05) is 7.11 Å². The van der Waals surface area contributed by atoms with E-state index in [9.17, 15) is 4.79 Å². The molecule has 0 aliphatic carbocycles. The number of carbonyl (C=O) groups excluding carboxylic acids is 1. The highest BCUT2D eigenvalue weighted by Crippen LogP contribution is 1.98. The van der Waals surface area contributed by atoms with Gasteiger partial charge in [-0.2, -0.15) is 0 Å². The van der Waals surface area contributed by atoms with E-state index in [1.807, 2.05) is 6.07 Å². The average molecular weight is 160 g/mol. The maximum atomic E-state index is 11.1. The molecule has 0 fully saturated rings. The van der Waals surface area contributed by atoms with Crippen LogP contribution >= 0.6 is 0 Å². The van der Waals surface area contributed by atoms with Crippen LogP contribution < -0.4 is 0 Å². The van der Waals surface area contributed by atoms with Gasteiger partial charge in [0.25, 0.3) is 0 Å². The Balaban J connectivity index is 2.79. The number of ether oxygens (including phenoxy) is 1. The van der Waals surface area contributed by atoms with E-state index >= 15 is 0 Å². The zero-order valence-corrected chi connectivity index (χ0v) is 6.70.